The number of benzene rings is 3. The molecule has 1 aliphatic heterocycles. The summed E-state index contributed by atoms with van der Waals surface area (Å²) in [5, 5.41) is 28.5. The Kier molecular flexibility index (Phi) is 33.3. The molecule has 2 atom stereocenters. The largest absolute Gasteiger partial charge is 0.378 e. The fourth-order valence-corrected chi connectivity index (χ4v) is 12.2. The highest BCUT2D eigenvalue weighted by Crippen LogP contribution is 2.41. The number of aromatic nitrogens is 8. The van der Waals surface area contributed by atoms with Gasteiger partial charge in [-0.1, -0.05) is 29.8 Å². The summed E-state index contributed by atoms with van der Waals surface area (Å²) in [5.41, 5.74) is 6.11. The highest BCUT2D eigenvalue weighted by Gasteiger charge is 2.33. The Morgan fingerprint density at radius 3 is 1.50 bits per heavy atom. The van der Waals surface area contributed by atoms with Crippen LogP contribution in [0.2, 0.25) is 5.02 Å². The van der Waals surface area contributed by atoms with Gasteiger partial charge in [-0.2, -0.15) is 0 Å². The molecule has 1 aliphatic rings. The molecule has 114 heavy (non-hydrogen) atoms. The lowest BCUT2D eigenvalue weighted by Gasteiger charge is -2.39. The van der Waals surface area contributed by atoms with E-state index in [2.05, 4.69) is 81.1 Å². The van der Waals surface area contributed by atoms with E-state index in [-0.39, 0.29) is 128 Å². The van der Waals surface area contributed by atoms with Gasteiger partial charge in [0, 0.05) is 159 Å². The number of hydrogen-bond donors (Lipinski definition) is 10. The molecule has 5 aromatic heterocycles. The van der Waals surface area contributed by atoms with Crippen LogP contribution < -0.4 is 58.1 Å². The summed E-state index contributed by atoms with van der Waals surface area (Å²) in [6.45, 7) is 9.17. The van der Waals surface area contributed by atoms with Gasteiger partial charge in [-0.15, -0.1) is 0 Å². The van der Waals surface area contributed by atoms with Crippen molar-refractivity contribution in [1.82, 2.24) is 64.4 Å². The van der Waals surface area contributed by atoms with E-state index >= 15 is 0 Å². The molecule has 9 rings (SSSR count). The van der Waals surface area contributed by atoms with Gasteiger partial charge in [0.05, 0.1) is 110 Å². The fourth-order valence-electron chi connectivity index (χ4n) is 12.1. The molecule has 0 unspecified atom stereocenters. The number of rotatable bonds is 46. The van der Waals surface area contributed by atoms with Gasteiger partial charge in [-0.05, 0) is 90.7 Å². The smallest absolute Gasteiger partial charge is 0.291 e. The molecule has 0 saturated carbocycles. The molecule has 0 saturated heterocycles. The number of carbonyl (C=O) groups excluding carboxylic acids is 10. The van der Waals surface area contributed by atoms with Gasteiger partial charge in [0.1, 0.15) is 11.4 Å². The van der Waals surface area contributed by atoms with Crippen LogP contribution in [0.1, 0.15) is 114 Å². The van der Waals surface area contributed by atoms with Crippen molar-refractivity contribution in [3.05, 3.63) is 161 Å². The first kappa shape index (κ1) is 86.3. The van der Waals surface area contributed by atoms with Gasteiger partial charge < -0.3 is 114 Å². The Morgan fingerprint density at radius 1 is 0.447 bits per heavy atom. The molecule has 8 aromatic rings. The average Bonchev–Trinajstić information content (AvgIpc) is 1.11. The Hall–Kier alpha value is -11.6. The number of ether oxygens (including phenoxy) is 7. The summed E-state index contributed by atoms with van der Waals surface area (Å²) < 4.78 is 46.3. The van der Waals surface area contributed by atoms with Crippen molar-refractivity contribution >= 4 is 105 Å². The zero-order chi connectivity index (χ0) is 81.5. The Labute approximate surface area is 663 Å². The van der Waals surface area contributed by atoms with Crippen LogP contribution in [-0.4, -0.2) is 228 Å². The number of imidazole rings is 3. The van der Waals surface area contributed by atoms with E-state index in [0.29, 0.717) is 109 Å². The molecule has 37 heteroatoms. The van der Waals surface area contributed by atoms with Gasteiger partial charge in [0.2, 0.25) is 35.3 Å². The highest BCUT2D eigenvalue weighted by atomic mass is 35.5. The van der Waals surface area contributed by atoms with Gasteiger partial charge in [0.25, 0.3) is 35.4 Å². The van der Waals surface area contributed by atoms with Crippen molar-refractivity contribution in [2.75, 3.05) is 157 Å². The van der Waals surface area contributed by atoms with E-state index in [1.54, 1.807) is 77.5 Å². The normalized spacial score (nSPS) is 13.0. The second kappa shape index (κ2) is 44.0. The topological polar surface area (TPSA) is 422 Å². The second-order valence-corrected chi connectivity index (χ2v) is 26.8. The molecule has 10 amide bonds. The minimum atomic E-state index is -0.696. The second-order valence-electron chi connectivity index (χ2n) is 26.3. The maximum Gasteiger partial charge on any atom is 0.291 e. The van der Waals surface area contributed by atoms with Gasteiger partial charge >= 0.3 is 0 Å². The lowest BCUT2D eigenvalue weighted by Crippen LogP contribution is -2.43. The molecule has 610 valence electrons. The molecular formula is C77H98ClN19O17. The van der Waals surface area contributed by atoms with Crippen molar-refractivity contribution in [3.8, 4) is 11.1 Å². The van der Waals surface area contributed by atoms with Crippen LogP contribution in [0.5, 0.6) is 0 Å². The average molecular weight is 1600 g/mol. The Bertz CT molecular complexity index is 4590. The zero-order valence-corrected chi connectivity index (χ0v) is 65.5. The van der Waals surface area contributed by atoms with E-state index < -0.39 is 41.4 Å². The van der Waals surface area contributed by atoms with Crippen LogP contribution in [0.15, 0.2) is 116 Å². The first-order chi connectivity index (χ1) is 55.0. The number of carbonyl (C=O) groups is 10. The van der Waals surface area contributed by atoms with E-state index in [1.165, 1.54) is 49.0 Å². The summed E-state index contributed by atoms with van der Waals surface area (Å²) >= 11 is 6.14. The Balaban J connectivity index is 0.522. The van der Waals surface area contributed by atoms with Gasteiger partial charge in [-0.3, -0.25) is 47.9 Å². The molecule has 0 radical (unpaired) electrons. The van der Waals surface area contributed by atoms with Crippen LogP contribution in [0.25, 0.3) is 11.1 Å². The van der Waals surface area contributed by atoms with E-state index in [9.17, 15) is 47.9 Å². The van der Waals surface area contributed by atoms with Crippen molar-refractivity contribution in [1.29, 1.82) is 0 Å². The number of aryl methyl sites for hydroxylation is 5. The lowest BCUT2D eigenvalue weighted by atomic mass is 9.88. The first-order valence-corrected chi connectivity index (χ1v) is 37.5. The van der Waals surface area contributed by atoms with E-state index in [4.69, 9.17) is 44.8 Å². The van der Waals surface area contributed by atoms with E-state index in [0.717, 1.165) is 34.5 Å². The minimum Gasteiger partial charge on any atom is -0.378 e. The molecule has 0 bridgehead atoms. The van der Waals surface area contributed by atoms with Crippen LogP contribution >= 0.6 is 11.6 Å². The summed E-state index contributed by atoms with van der Waals surface area (Å²) in [7, 11) is 8.01. The van der Waals surface area contributed by atoms with Crippen molar-refractivity contribution in [2.45, 2.75) is 51.6 Å². The van der Waals surface area contributed by atoms with Crippen molar-refractivity contribution in [2.24, 2.45) is 35.2 Å². The number of nitrogens with one attached hydrogen (secondary N) is 10. The van der Waals surface area contributed by atoms with Crippen LogP contribution in [-0.2, 0) is 87.6 Å². The summed E-state index contributed by atoms with van der Waals surface area (Å²) in [6.07, 6.45) is 9.51. The maximum atomic E-state index is 13.4. The maximum absolute atomic E-state index is 13.4. The summed E-state index contributed by atoms with van der Waals surface area (Å²) in [4.78, 5) is 143. The van der Waals surface area contributed by atoms with Gasteiger partial charge in [-0.25, -0.2) is 15.0 Å². The highest BCUT2D eigenvalue weighted by molar-refractivity contribution is 6.30. The number of fused-ring (bicyclic) bond motifs is 1. The van der Waals surface area contributed by atoms with Crippen LogP contribution in [0.3, 0.4) is 0 Å². The molecule has 0 aliphatic carbocycles. The molecule has 0 spiro atoms. The third-order valence-electron chi connectivity index (χ3n) is 17.7. The quantitative estimate of drug-likeness (QED) is 0.0225. The zero-order valence-electron chi connectivity index (χ0n) is 64.7. The minimum absolute atomic E-state index is 0.00710. The monoisotopic (exact) mass is 1600 g/mol. The molecule has 3 aromatic carbocycles. The number of halogens is 1. The van der Waals surface area contributed by atoms with E-state index in [1.807, 2.05) is 53.4 Å². The summed E-state index contributed by atoms with van der Waals surface area (Å²) in [5.74, 6) is -4.14. The number of anilines is 6. The Morgan fingerprint density at radius 2 is 0.947 bits per heavy atom. The SMILES string of the molecule is CC(=O)N1c2ccc(-c3ccc(C(=O)NCCOCCOCCOCCOCCOCCOCCOCCNC(=O)CCNC(=O)c4nc(NC(=O)CCNC(=O)c5c(NC(=O)c6nc(NC(=O)CCNC(=O)c7cc(NC(=O)c8nccn8C)cn7C)cn6C)ccn5C)cn4C)cc3)cc2[C@H](Nc2ccc(Cl)cc2)C[C@@H]1C. The predicted molar refractivity (Wildman–Crippen MR) is 422 cm³/mol. The fraction of sp³-hybridized carbons (Fsp3) is 0.416. The molecule has 0 fully saturated rings. The molecule has 10 N–H and O–H groups in total. The van der Waals surface area contributed by atoms with Gasteiger partial charge in [0.15, 0.2) is 17.5 Å². The van der Waals surface area contributed by atoms with Crippen LogP contribution in [0, 0.1) is 0 Å². The predicted octanol–water partition coefficient (Wildman–Crippen LogP) is 4.99. The van der Waals surface area contributed by atoms with Crippen molar-refractivity contribution < 1.29 is 81.1 Å². The standard InChI is InChI=1S/C77H98ClN19O17/c1-50-44-60(85-56-15-13-55(78)14-16-56)58-45-54(12-17-61(58)97(50)51(2)98)52-8-10-53(11-9-52)72(102)84-27-31-109-33-35-111-37-39-113-41-43-114-42-40-112-38-36-110-34-32-108-30-26-79-65(99)18-22-83-75(105)70-90-63(48-95(70)6)88-67(101)20-24-82-74(104)68-59(21-28-92(68)3)87-77(107)71-91-64(49-96(71)7)89-66(100)19-23-81-73(103)62-46-57(47-94(62)5)86-76(106)69-80-25-29-93(69)4/h8-17,21,25,28-29,45-50,60,85H,18-20,22-24,26-27,30-44H2,1-7H3,(H,79,99)(H,81,103)(H,82,104)(H,83,105)(H,84,102)(H,86,106)(H,87,107)(H,88,101)(H,89,100)/t50-,60+/m0/s1. The first-order valence-electron chi connectivity index (χ1n) is 37.1. The third-order valence-corrected chi connectivity index (χ3v) is 17.9. The molecular weight excluding hydrogens is 1500 g/mol. The van der Waals surface area contributed by atoms with Crippen molar-refractivity contribution in [3.63, 3.8) is 0 Å². The number of hydrogen-bond acceptors (Lipinski definition) is 21. The molecule has 36 nitrogen and oxygen atoms in total. The summed E-state index contributed by atoms with van der Waals surface area (Å²) in [6, 6.07) is 24.1. The van der Waals surface area contributed by atoms with Crippen LogP contribution in [0.4, 0.5) is 34.4 Å². The number of nitrogens with zero attached hydrogens (tertiary/aromatic N) is 9. The lowest BCUT2D eigenvalue weighted by molar-refractivity contribution is -0.121. The number of amides is 10. The molecule has 6 heterocycles. The third kappa shape index (κ3) is 26.2.